The number of rotatable bonds is 3. The molecule has 0 spiro atoms. The van der Waals surface area contributed by atoms with Gasteiger partial charge in [0.2, 0.25) is 0 Å². The van der Waals surface area contributed by atoms with Crippen LogP contribution in [-0.4, -0.2) is 12.0 Å². The number of nitrogen functional groups attached to an aromatic ring is 1. The quantitative estimate of drug-likeness (QED) is 0.865. The minimum Gasteiger partial charge on any atom is -0.467 e. The Morgan fingerprint density at radius 1 is 1.47 bits per heavy atom. The van der Waals surface area contributed by atoms with Crippen molar-refractivity contribution in [1.29, 1.82) is 5.26 Å². The number of pyridine rings is 1. The molecule has 2 rings (SSSR count). The second kappa shape index (κ2) is 4.58. The van der Waals surface area contributed by atoms with Crippen molar-refractivity contribution < 1.29 is 4.42 Å². The van der Waals surface area contributed by atoms with Crippen molar-refractivity contribution in [2.45, 2.75) is 6.54 Å². The maximum Gasteiger partial charge on any atom is 0.165 e. The fraction of sp³-hybridized carbons (Fsp3) is 0.167. The fourth-order valence-electron chi connectivity index (χ4n) is 1.48. The van der Waals surface area contributed by atoms with Gasteiger partial charge in [-0.15, -0.1) is 0 Å². The summed E-state index contributed by atoms with van der Waals surface area (Å²) in [7, 11) is 1.88. The van der Waals surface area contributed by atoms with Gasteiger partial charge in [0.25, 0.3) is 0 Å². The molecule has 0 radical (unpaired) electrons. The third-order valence-electron chi connectivity index (χ3n) is 2.38. The molecule has 0 atom stereocenters. The normalized spacial score (nSPS) is 9.88. The van der Waals surface area contributed by atoms with E-state index < -0.39 is 0 Å². The van der Waals surface area contributed by atoms with Crippen LogP contribution >= 0.6 is 0 Å². The average molecular weight is 228 g/mol. The van der Waals surface area contributed by atoms with Crippen molar-refractivity contribution in [2.24, 2.45) is 0 Å². The first-order chi connectivity index (χ1) is 8.20. The summed E-state index contributed by atoms with van der Waals surface area (Å²) in [6.07, 6.45) is 1.63. The number of nitrogens with zero attached hydrogens (tertiary/aromatic N) is 3. The number of nitrogens with two attached hydrogens (primary N) is 1. The average Bonchev–Trinajstić information content (AvgIpc) is 2.82. The van der Waals surface area contributed by atoms with Gasteiger partial charge in [0, 0.05) is 7.05 Å². The van der Waals surface area contributed by atoms with Crippen LogP contribution in [0.4, 0.5) is 11.5 Å². The predicted octanol–water partition coefficient (Wildman–Crippen LogP) is 1.76. The smallest absolute Gasteiger partial charge is 0.165 e. The molecule has 0 bridgehead atoms. The number of furan rings is 1. The minimum atomic E-state index is 0.244. The Balaban J connectivity index is 2.20. The van der Waals surface area contributed by atoms with Crippen LogP contribution in [0, 0.1) is 11.3 Å². The zero-order chi connectivity index (χ0) is 12.3. The number of nitriles is 1. The van der Waals surface area contributed by atoms with Crippen LogP contribution in [0.2, 0.25) is 0 Å². The van der Waals surface area contributed by atoms with Crippen LogP contribution in [0.15, 0.2) is 34.9 Å². The topological polar surface area (TPSA) is 79.1 Å². The van der Waals surface area contributed by atoms with Gasteiger partial charge >= 0.3 is 0 Å². The SMILES string of the molecule is CN(Cc1ccco1)c1ccc(N)c(C#N)n1. The van der Waals surface area contributed by atoms with Gasteiger partial charge < -0.3 is 15.1 Å². The lowest BCUT2D eigenvalue weighted by Gasteiger charge is -2.16. The molecule has 17 heavy (non-hydrogen) atoms. The van der Waals surface area contributed by atoms with E-state index in [1.165, 1.54) is 0 Å². The zero-order valence-corrected chi connectivity index (χ0v) is 9.42. The molecule has 0 amide bonds. The van der Waals surface area contributed by atoms with E-state index in [4.69, 9.17) is 15.4 Å². The van der Waals surface area contributed by atoms with Crippen LogP contribution in [-0.2, 0) is 6.54 Å². The highest BCUT2D eigenvalue weighted by molar-refractivity contribution is 5.55. The summed E-state index contributed by atoms with van der Waals surface area (Å²) in [6.45, 7) is 0.592. The molecule has 0 saturated carbocycles. The van der Waals surface area contributed by atoms with Gasteiger partial charge in [-0.25, -0.2) is 4.98 Å². The number of hydrogen-bond donors (Lipinski definition) is 1. The first-order valence-electron chi connectivity index (χ1n) is 5.11. The summed E-state index contributed by atoms with van der Waals surface area (Å²) in [5.74, 6) is 1.52. The highest BCUT2D eigenvalue weighted by atomic mass is 16.3. The summed E-state index contributed by atoms with van der Waals surface area (Å²) in [5, 5.41) is 8.85. The van der Waals surface area contributed by atoms with Gasteiger partial charge in [0.05, 0.1) is 18.5 Å². The Labute approximate surface area is 99.1 Å². The summed E-state index contributed by atoms with van der Waals surface area (Å²) in [5.41, 5.74) is 6.25. The van der Waals surface area contributed by atoms with E-state index in [9.17, 15) is 0 Å². The molecule has 2 N–H and O–H groups in total. The Hall–Kier alpha value is -2.48. The highest BCUT2D eigenvalue weighted by Gasteiger charge is 2.08. The molecule has 0 saturated heterocycles. The molecule has 0 fully saturated rings. The molecular formula is C12H12N4O. The van der Waals surface area contributed by atoms with Gasteiger partial charge in [-0.1, -0.05) is 0 Å². The van der Waals surface area contributed by atoms with E-state index in [1.54, 1.807) is 18.4 Å². The van der Waals surface area contributed by atoms with E-state index in [0.29, 0.717) is 18.1 Å². The second-order valence-corrected chi connectivity index (χ2v) is 3.65. The lowest BCUT2D eigenvalue weighted by atomic mass is 10.3. The predicted molar refractivity (Wildman–Crippen MR) is 64.2 cm³/mol. The first-order valence-corrected chi connectivity index (χ1v) is 5.11. The molecule has 0 aromatic carbocycles. The molecule has 86 valence electrons. The molecule has 0 aliphatic heterocycles. The molecular weight excluding hydrogens is 216 g/mol. The summed E-state index contributed by atoms with van der Waals surface area (Å²) >= 11 is 0. The van der Waals surface area contributed by atoms with Crippen molar-refractivity contribution >= 4 is 11.5 Å². The van der Waals surface area contributed by atoms with E-state index >= 15 is 0 Å². The van der Waals surface area contributed by atoms with Gasteiger partial charge in [-0.3, -0.25) is 0 Å². The Morgan fingerprint density at radius 2 is 2.29 bits per heavy atom. The minimum absolute atomic E-state index is 0.244. The third-order valence-corrected chi connectivity index (χ3v) is 2.38. The van der Waals surface area contributed by atoms with Crippen molar-refractivity contribution in [2.75, 3.05) is 17.7 Å². The Kier molecular flexibility index (Phi) is 2.97. The van der Waals surface area contributed by atoms with Crippen molar-refractivity contribution in [3.63, 3.8) is 0 Å². The summed E-state index contributed by atoms with van der Waals surface area (Å²) < 4.78 is 5.25. The molecule has 0 unspecified atom stereocenters. The van der Waals surface area contributed by atoms with Crippen molar-refractivity contribution in [1.82, 2.24) is 4.98 Å². The van der Waals surface area contributed by atoms with E-state index in [1.807, 2.05) is 30.1 Å². The van der Waals surface area contributed by atoms with Crippen LogP contribution in [0.3, 0.4) is 0 Å². The highest BCUT2D eigenvalue weighted by Crippen LogP contribution is 2.17. The van der Waals surface area contributed by atoms with Crippen LogP contribution in [0.5, 0.6) is 0 Å². The molecule has 5 nitrogen and oxygen atoms in total. The van der Waals surface area contributed by atoms with Crippen molar-refractivity contribution in [3.05, 3.63) is 42.0 Å². The van der Waals surface area contributed by atoms with E-state index in [-0.39, 0.29) is 5.69 Å². The van der Waals surface area contributed by atoms with Gasteiger partial charge in [0.15, 0.2) is 5.69 Å². The summed E-state index contributed by atoms with van der Waals surface area (Å²) in [4.78, 5) is 6.06. The van der Waals surface area contributed by atoms with Gasteiger partial charge in [-0.05, 0) is 24.3 Å². The first kappa shape index (κ1) is 11.0. The fourth-order valence-corrected chi connectivity index (χ4v) is 1.48. The lowest BCUT2D eigenvalue weighted by molar-refractivity contribution is 0.507. The second-order valence-electron chi connectivity index (χ2n) is 3.65. The molecule has 5 heteroatoms. The summed E-state index contributed by atoms with van der Waals surface area (Å²) in [6, 6.07) is 9.14. The molecule has 2 heterocycles. The van der Waals surface area contributed by atoms with Crippen LogP contribution < -0.4 is 10.6 Å². The van der Waals surface area contributed by atoms with E-state index in [0.717, 1.165) is 5.76 Å². The number of aromatic nitrogens is 1. The molecule has 2 aromatic rings. The largest absolute Gasteiger partial charge is 0.467 e. The van der Waals surface area contributed by atoms with E-state index in [2.05, 4.69) is 4.98 Å². The maximum absolute atomic E-state index is 8.85. The standard InChI is InChI=1S/C12H12N4O/c1-16(8-9-3-2-6-17-9)12-5-4-10(14)11(7-13)15-12/h2-6H,8,14H2,1H3. The Bertz CT molecular complexity index is 542. The maximum atomic E-state index is 8.85. The van der Waals surface area contributed by atoms with Crippen LogP contribution in [0.25, 0.3) is 0 Å². The Morgan fingerprint density at radius 3 is 2.94 bits per heavy atom. The number of anilines is 2. The molecule has 2 aromatic heterocycles. The molecule has 0 aliphatic rings. The van der Waals surface area contributed by atoms with Gasteiger partial charge in [-0.2, -0.15) is 5.26 Å². The number of hydrogen-bond acceptors (Lipinski definition) is 5. The van der Waals surface area contributed by atoms with Gasteiger partial charge in [0.1, 0.15) is 17.6 Å². The molecule has 0 aliphatic carbocycles. The zero-order valence-electron chi connectivity index (χ0n) is 9.42. The van der Waals surface area contributed by atoms with Crippen LogP contribution in [0.1, 0.15) is 11.5 Å². The van der Waals surface area contributed by atoms with Crippen molar-refractivity contribution in [3.8, 4) is 6.07 Å². The third kappa shape index (κ3) is 2.37. The monoisotopic (exact) mass is 228 g/mol. The lowest BCUT2D eigenvalue weighted by Crippen LogP contribution is -2.17.